The van der Waals surface area contributed by atoms with Gasteiger partial charge in [-0.25, -0.2) is 4.79 Å². The number of carboxylic acid groups (broad SMARTS) is 1. The van der Waals surface area contributed by atoms with Crippen LogP contribution in [0.25, 0.3) is 0 Å². The molecule has 0 aromatic carbocycles. The van der Waals surface area contributed by atoms with Crippen LogP contribution in [0, 0.1) is 11.8 Å². The van der Waals surface area contributed by atoms with Crippen molar-refractivity contribution < 1.29 is 14.7 Å². The fourth-order valence-electron chi connectivity index (χ4n) is 3.90. The molecule has 2 aliphatic rings. The van der Waals surface area contributed by atoms with E-state index in [1.54, 1.807) is 0 Å². The minimum Gasteiger partial charge on any atom is -0.481 e. The van der Waals surface area contributed by atoms with Gasteiger partial charge in [0.1, 0.15) is 0 Å². The summed E-state index contributed by atoms with van der Waals surface area (Å²) in [7, 11) is 1.91. The summed E-state index contributed by atoms with van der Waals surface area (Å²) in [5.41, 5.74) is 0. The Bertz CT molecular complexity index is 399. The van der Waals surface area contributed by atoms with Crippen molar-refractivity contribution in [3.63, 3.8) is 0 Å². The molecule has 2 amide bonds. The molecule has 5 nitrogen and oxygen atoms in total. The average molecular weight is 296 g/mol. The van der Waals surface area contributed by atoms with E-state index in [1.165, 1.54) is 19.3 Å². The van der Waals surface area contributed by atoms with Crippen LogP contribution < -0.4 is 0 Å². The summed E-state index contributed by atoms with van der Waals surface area (Å²) < 4.78 is 0. The van der Waals surface area contributed by atoms with E-state index in [9.17, 15) is 9.59 Å². The number of carbonyl (C=O) groups is 2. The Kier molecular flexibility index (Phi) is 5.12. The van der Waals surface area contributed by atoms with Gasteiger partial charge in [0.25, 0.3) is 0 Å². The number of likely N-dealkylation sites (tertiary alicyclic amines) is 1. The molecule has 0 radical (unpaired) electrons. The molecule has 120 valence electrons. The minimum absolute atomic E-state index is 0.00805. The van der Waals surface area contributed by atoms with Crippen LogP contribution in [0.5, 0.6) is 0 Å². The molecular weight excluding hydrogens is 268 g/mol. The zero-order valence-electron chi connectivity index (χ0n) is 13.4. The maximum Gasteiger partial charge on any atom is 0.320 e. The third-order valence-corrected chi connectivity index (χ3v) is 5.34. The third-order valence-electron chi connectivity index (χ3n) is 5.34. The highest BCUT2D eigenvalue weighted by atomic mass is 16.4. The quantitative estimate of drug-likeness (QED) is 0.852. The van der Waals surface area contributed by atoms with Gasteiger partial charge in [0.05, 0.1) is 5.92 Å². The van der Waals surface area contributed by atoms with Gasteiger partial charge >= 0.3 is 12.0 Å². The van der Waals surface area contributed by atoms with Gasteiger partial charge < -0.3 is 14.9 Å². The van der Waals surface area contributed by atoms with Crippen molar-refractivity contribution in [2.75, 3.05) is 13.6 Å². The average Bonchev–Trinajstić information content (AvgIpc) is 2.46. The highest BCUT2D eigenvalue weighted by molar-refractivity contribution is 5.76. The van der Waals surface area contributed by atoms with Crippen molar-refractivity contribution in [1.82, 2.24) is 9.80 Å². The second-order valence-electron chi connectivity index (χ2n) is 6.82. The molecule has 0 aromatic heterocycles. The van der Waals surface area contributed by atoms with Gasteiger partial charge in [-0.05, 0) is 38.5 Å². The first kappa shape index (κ1) is 16.1. The predicted octanol–water partition coefficient (Wildman–Crippen LogP) is 2.80. The highest BCUT2D eigenvalue weighted by Crippen LogP contribution is 2.30. The van der Waals surface area contributed by atoms with Crippen molar-refractivity contribution in [3.05, 3.63) is 0 Å². The maximum atomic E-state index is 12.7. The fraction of sp³-hybridized carbons (Fsp3) is 0.875. The van der Waals surface area contributed by atoms with Gasteiger partial charge in [-0.2, -0.15) is 0 Å². The van der Waals surface area contributed by atoms with Crippen LogP contribution in [0.2, 0.25) is 0 Å². The lowest BCUT2D eigenvalue weighted by Gasteiger charge is -2.43. The number of piperidine rings is 1. The molecule has 4 unspecified atom stereocenters. The van der Waals surface area contributed by atoms with Crippen molar-refractivity contribution in [2.24, 2.45) is 11.8 Å². The summed E-state index contributed by atoms with van der Waals surface area (Å²) >= 11 is 0. The number of urea groups is 1. The van der Waals surface area contributed by atoms with Gasteiger partial charge in [-0.15, -0.1) is 0 Å². The number of carbonyl (C=O) groups excluding carboxylic acids is 1. The van der Waals surface area contributed by atoms with E-state index >= 15 is 0 Å². The Morgan fingerprint density at radius 3 is 2.38 bits per heavy atom. The largest absolute Gasteiger partial charge is 0.481 e. The highest BCUT2D eigenvalue weighted by Gasteiger charge is 2.36. The molecular formula is C16H28N2O3. The first-order chi connectivity index (χ1) is 9.91. The second-order valence-corrected chi connectivity index (χ2v) is 6.82. The summed E-state index contributed by atoms with van der Waals surface area (Å²) in [5.74, 6) is -0.481. The number of aliphatic carboxylic acids is 1. The molecule has 1 saturated heterocycles. The number of carboxylic acids is 1. The van der Waals surface area contributed by atoms with E-state index in [0.717, 1.165) is 6.42 Å². The van der Waals surface area contributed by atoms with Crippen LogP contribution in [0.15, 0.2) is 0 Å². The van der Waals surface area contributed by atoms with Crippen molar-refractivity contribution >= 4 is 12.0 Å². The zero-order valence-corrected chi connectivity index (χ0v) is 13.4. The number of amides is 2. The van der Waals surface area contributed by atoms with Crippen LogP contribution >= 0.6 is 0 Å². The lowest BCUT2D eigenvalue weighted by atomic mass is 9.85. The Morgan fingerprint density at radius 2 is 1.81 bits per heavy atom. The van der Waals surface area contributed by atoms with Crippen molar-refractivity contribution in [1.29, 1.82) is 0 Å². The Labute approximate surface area is 127 Å². The molecule has 1 N–H and O–H groups in total. The molecule has 0 aromatic rings. The SMILES string of the molecule is CC1CCCCC1N(C)C(=O)N1CCC(C(=O)O)CC1C. The normalized spacial score (nSPS) is 33.6. The minimum atomic E-state index is -0.733. The molecule has 2 fully saturated rings. The Hall–Kier alpha value is -1.26. The van der Waals surface area contributed by atoms with Crippen LogP contribution in [-0.2, 0) is 4.79 Å². The number of nitrogens with zero attached hydrogens (tertiary/aromatic N) is 2. The fourth-order valence-corrected chi connectivity index (χ4v) is 3.90. The topological polar surface area (TPSA) is 60.9 Å². The summed E-state index contributed by atoms with van der Waals surface area (Å²) in [4.78, 5) is 27.6. The van der Waals surface area contributed by atoms with E-state index in [0.29, 0.717) is 31.3 Å². The van der Waals surface area contributed by atoms with E-state index in [4.69, 9.17) is 5.11 Å². The van der Waals surface area contributed by atoms with Crippen molar-refractivity contribution in [2.45, 2.75) is 64.5 Å². The summed E-state index contributed by atoms with van der Waals surface area (Å²) in [6.45, 7) is 4.75. The standard InChI is InChI=1S/C16H28N2O3/c1-11-6-4-5-7-14(11)17(3)16(21)18-9-8-13(15(19)20)10-12(18)2/h11-14H,4-10H2,1-3H3,(H,19,20). The van der Waals surface area contributed by atoms with E-state index in [-0.39, 0.29) is 18.0 Å². The predicted molar refractivity (Wildman–Crippen MR) is 81.1 cm³/mol. The lowest BCUT2D eigenvalue weighted by Crippen LogP contribution is -2.54. The van der Waals surface area contributed by atoms with Crippen LogP contribution in [0.1, 0.15) is 52.4 Å². The summed E-state index contributed by atoms with van der Waals surface area (Å²) in [6, 6.07) is 0.412. The number of hydrogen-bond donors (Lipinski definition) is 1. The lowest BCUT2D eigenvalue weighted by molar-refractivity contribution is -0.143. The number of rotatable bonds is 2. The Morgan fingerprint density at radius 1 is 1.14 bits per heavy atom. The smallest absolute Gasteiger partial charge is 0.320 e. The van der Waals surface area contributed by atoms with Gasteiger partial charge in [0.2, 0.25) is 0 Å². The van der Waals surface area contributed by atoms with E-state index in [2.05, 4.69) is 6.92 Å². The van der Waals surface area contributed by atoms with Crippen LogP contribution in [0.3, 0.4) is 0 Å². The van der Waals surface area contributed by atoms with Gasteiger partial charge in [-0.1, -0.05) is 19.8 Å². The number of hydrogen-bond acceptors (Lipinski definition) is 2. The molecule has 1 aliphatic heterocycles. The zero-order chi connectivity index (χ0) is 15.6. The summed E-state index contributed by atoms with van der Waals surface area (Å²) in [5, 5.41) is 9.11. The first-order valence-corrected chi connectivity index (χ1v) is 8.18. The van der Waals surface area contributed by atoms with Gasteiger partial charge in [0, 0.05) is 25.7 Å². The second kappa shape index (κ2) is 6.67. The molecule has 1 saturated carbocycles. The molecule has 2 rings (SSSR count). The summed E-state index contributed by atoms with van der Waals surface area (Å²) in [6.07, 6.45) is 5.88. The first-order valence-electron chi connectivity index (χ1n) is 8.18. The van der Waals surface area contributed by atoms with Gasteiger partial charge in [0.15, 0.2) is 0 Å². The molecule has 1 aliphatic carbocycles. The molecule has 1 heterocycles. The monoisotopic (exact) mass is 296 g/mol. The maximum absolute atomic E-state index is 12.7. The third kappa shape index (κ3) is 3.50. The van der Waals surface area contributed by atoms with E-state index < -0.39 is 5.97 Å². The molecule has 4 atom stereocenters. The van der Waals surface area contributed by atoms with Gasteiger partial charge in [-0.3, -0.25) is 4.79 Å². The van der Waals surface area contributed by atoms with E-state index in [1.807, 2.05) is 23.8 Å². The van der Waals surface area contributed by atoms with Crippen LogP contribution in [-0.4, -0.2) is 52.6 Å². The molecule has 0 spiro atoms. The van der Waals surface area contributed by atoms with Crippen LogP contribution in [0.4, 0.5) is 4.79 Å². The molecule has 21 heavy (non-hydrogen) atoms. The Balaban J connectivity index is 1.97. The van der Waals surface area contributed by atoms with Crippen molar-refractivity contribution in [3.8, 4) is 0 Å². The molecule has 0 bridgehead atoms. The molecule has 5 heteroatoms.